The van der Waals surface area contributed by atoms with Gasteiger partial charge in [-0.1, -0.05) is 88.7 Å². The van der Waals surface area contributed by atoms with E-state index < -0.39 is 0 Å². The minimum absolute atomic E-state index is 0.0680. The zero-order chi connectivity index (χ0) is 27.2. The van der Waals surface area contributed by atoms with Gasteiger partial charge in [-0.25, -0.2) is 4.79 Å². The summed E-state index contributed by atoms with van der Waals surface area (Å²) in [6.45, 7) is 12.5. The number of carbonyl (C=O) groups is 1. The summed E-state index contributed by atoms with van der Waals surface area (Å²) in [7, 11) is 0. The van der Waals surface area contributed by atoms with Crippen molar-refractivity contribution in [2.24, 2.45) is 46.3 Å². The molecule has 3 saturated carbocycles. The maximum absolute atomic E-state index is 12.9. The maximum Gasteiger partial charge on any atom is 0.339 e. The van der Waals surface area contributed by atoms with Gasteiger partial charge < -0.3 is 4.74 Å². The quantitative estimate of drug-likeness (QED) is 0.245. The molecular weight excluding hydrogens is 511 g/mol. The van der Waals surface area contributed by atoms with E-state index in [2.05, 4.69) is 40.7 Å². The van der Waals surface area contributed by atoms with Gasteiger partial charge in [-0.05, 0) is 109 Å². The lowest BCUT2D eigenvalue weighted by atomic mass is 9.47. The molecule has 1 aromatic carbocycles. The van der Waals surface area contributed by atoms with E-state index in [0.29, 0.717) is 21.0 Å². The van der Waals surface area contributed by atoms with Gasteiger partial charge in [0.2, 0.25) is 0 Å². The number of hydrogen-bond donors (Lipinski definition) is 0. The molecule has 0 amide bonds. The molecule has 0 saturated heterocycles. The molecule has 4 heteroatoms. The van der Waals surface area contributed by atoms with Crippen LogP contribution in [0.3, 0.4) is 0 Å². The van der Waals surface area contributed by atoms with Crippen LogP contribution in [0, 0.1) is 46.3 Å². The average molecular weight is 560 g/mol. The molecule has 0 bridgehead atoms. The summed E-state index contributed by atoms with van der Waals surface area (Å²) in [5.74, 6) is 4.71. The van der Waals surface area contributed by atoms with Gasteiger partial charge in [-0.15, -0.1) is 0 Å². The van der Waals surface area contributed by atoms with Gasteiger partial charge in [0, 0.05) is 11.4 Å². The molecule has 5 rings (SSSR count). The Balaban J connectivity index is 1.25. The monoisotopic (exact) mass is 558 g/mol. The van der Waals surface area contributed by atoms with E-state index >= 15 is 0 Å². The van der Waals surface area contributed by atoms with Crippen molar-refractivity contribution in [3.63, 3.8) is 0 Å². The Morgan fingerprint density at radius 3 is 2.55 bits per heavy atom. The fourth-order valence-corrected chi connectivity index (χ4v) is 10.1. The van der Waals surface area contributed by atoms with E-state index in [-0.39, 0.29) is 17.5 Å². The largest absolute Gasteiger partial charge is 0.458 e. The molecule has 38 heavy (non-hydrogen) atoms. The van der Waals surface area contributed by atoms with E-state index in [1.54, 1.807) is 23.8 Å². The van der Waals surface area contributed by atoms with Gasteiger partial charge in [0.05, 0.1) is 10.6 Å². The topological polar surface area (TPSA) is 26.3 Å². The first-order valence-corrected chi connectivity index (χ1v) is 16.1. The smallest absolute Gasteiger partial charge is 0.339 e. The second kappa shape index (κ2) is 11.1. The molecule has 210 valence electrons. The highest BCUT2D eigenvalue weighted by molar-refractivity contribution is 6.36. The Bertz CT molecular complexity index is 1060. The number of carbonyl (C=O) groups excluding carboxylic acids is 1. The van der Waals surface area contributed by atoms with Crippen molar-refractivity contribution in [3.05, 3.63) is 45.5 Å². The molecule has 1 aromatic rings. The number of ether oxygens (including phenoxy) is 1. The summed E-state index contributed by atoms with van der Waals surface area (Å²) in [4.78, 5) is 12.9. The Morgan fingerprint density at radius 2 is 1.82 bits per heavy atom. The maximum atomic E-state index is 12.9. The molecule has 0 aromatic heterocycles. The third-order valence-corrected chi connectivity index (χ3v) is 12.2. The second-order valence-corrected chi connectivity index (χ2v) is 15.0. The SMILES string of the molecule is CC(C)CCC[C@H](C)[C@@H]1CC[C@H]2[C@H]3CC=C4C[C@@H](OC(=O)c5ccc(Cl)cc5Cl)CC[C@]4(C)[C@@H]3CC[C@@]21C. The third-order valence-electron chi connectivity index (χ3n) is 11.7. The summed E-state index contributed by atoms with van der Waals surface area (Å²) < 4.78 is 5.99. The first-order chi connectivity index (χ1) is 18.0. The van der Waals surface area contributed by atoms with Crippen molar-refractivity contribution in [3.8, 4) is 0 Å². The first-order valence-electron chi connectivity index (χ1n) is 15.4. The molecule has 0 unspecified atom stereocenters. The van der Waals surface area contributed by atoms with Crippen LogP contribution in [0.4, 0.5) is 0 Å². The van der Waals surface area contributed by atoms with E-state index in [1.165, 1.54) is 51.4 Å². The van der Waals surface area contributed by atoms with Crippen LogP contribution in [-0.2, 0) is 4.74 Å². The number of benzene rings is 1. The van der Waals surface area contributed by atoms with Crippen molar-refractivity contribution in [1.29, 1.82) is 0 Å². The summed E-state index contributed by atoms with van der Waals surface area (Å²) in [6, 6.07) is 4.98. The molecule has 0 aliphatic heterocycles. The van der Waals surface area contributed by atoms with Crippen molar-refractivity contribution < 1.29 is 9.53 Å². The molecule has 8 atom stereocenters. The molecule has 0 spiro atoms. The van der Waals surface area contributed by atoms with Crippen molar-refractivity contribution in [2.45, 2.75) is 111 Å². The number of halogens is 2. The molecule has 3 fully saturated rings. The lowest BCUT2D eigenvalue weighted by Gasteiger charge is -2.58. The van der Waals surface area contributed by atoms with E-state index in [9.17, 15) is 4.79 Å². The minimum Gasteiger partial charge on any atom is -0.458 e. The number of hydrogen-bond acceptors (Lipinski definition) is 2. The second-order valence-electron chi connectivity index (χ2n) is 14.2. The lowest BCUT2D eigenvalue weighted by Crippen LogP contribution is -2.51. The molecule has 0 radical (unpaired) electrons. The van der Waals surface area contributed by atoms with Gasteiger partial charge in [-0.3, -0.25) is 0 Å². The van der Waals surface area contributed by atoms with E-state index in [1.807, 2.05) is 0 Å². The molecule has 4 aliphatic carbocycles. The Morgan fingerprint density at radius 1 is 1.03 bits per heavy atom. The van der Waals surface area contributed by atoms with Crippen LogP contribution in [0.5, 0.6) is 0 Å². The van der Waals surface area contributed by atoms with Gasteiger partial charge in [0.1, 0.15) is 6.10 Å². The third kappa shape index (κ3) is 5.23. The predicted molar refractivity (Wildman–Crippen MR) is 159 cm³/mol. The number of esters is 1. The van der Waals surface area contributed by atoms with E-state index in [0.717, 1.165) is 54.8 Å². The van der Waals surface area contributed by atoms with Gasteiger partial charge in [0.25, 0.3) is 0 Å². The first kappa shape index (κ1) is 28.5. The fraction of sp³-hybridized carbons (Fsp3) is 0.735. The predicted octanol–water partition coefficient (Wildman–Crippen LogP) is 10.6. The highest BCUT2D eigenvalue weighted by atomic mass is 35.5. The van der Waals surface area contributed by atoms with Gasteiger partial charge in [0.15, 0.2) is 0 Å². The van der Waals surface area contributed by atoms with Crippen LogP contribution < -0.4 is 0 Å². The fourth-order valence-electron chi connectivity index (χ4n) is 9.62. The zero-order valence-corrected chi connectivity index (χ0v) is 25.7. The summed E-state index contributed by atoms with van der Waals surface area (Å²) in [5.41, 5.74) is 2.73. The normalized spacial score (nSPS) is 37.2. The number of allylic oxidation sites excluding steroid dienone is 1. The number of rotatable bonds is 7. The Labute approximate surface area is 241 Å². The summed E-state index contributed by atoms with van der Waals surface area (Å²) in [6.07, 6.45) is 16.4. The summed E-state index contributed by atoms with van der Waals surface area (Å²) >= 11 is 12.3. The molecular formula is C34H48Cl2O2. The van der Waals surface area contributed by atoms with Crippen molar-refractivity contribution in [2.75, 3.05) is 0 Å². The van der Waals surface area contributed by atoms with E-state index in [4.69, 9.17) is 27.9 Å². The van der Waals surface area contributed by atoms with Crippen LogP contribution in [-0.4, -0.2) is 12.1 Å². The Hall–Kier alpha value is -0.990. The van der Waals surface area contributed by atoms with Crippen molar-refractivity contribution >= 4 is 29.2 Å². The standard InChI is InChI=1S/C34H48Cl2O2/c1-21(2)7-6-8-22(3)28-13-14-29-26-11-9-23-19-25(38-32(37)27-12-10-24(35)20-31(27)36)15-17-33(23,4)30(26)16-18-34(28,29)5/h9-10,12,20-22,25-26,28-30H,6-8,11,13-19H2,1-5H3/t22-,25-,26+,28-,29-,30+,33-,34+/m0/s1. The lowest BCUT2D eigenvalue weighted by molar-refractivity contribution is -0.0594. The van der Waals surface area contributed by atoms with Crippen LogP contribution in [0.15, 0.2) is 29.8 Å². The Kier molecular flexibility index (Phi) is 8.35. The summed E-state index contributed by atoms with van der Waals surface area (Å²) in [5, 5.41) is 0.886. The van der Waals surface area contributed by atoms with Gasteiger partial charge >= 0.3 is 5.97 Å². The van der Waals surface area contributed by atoms with Crippen LogP contribution in [0.2, 0.25) is 10.0 Å². The molecule has 0 N–H and O–H groups in total. The zero-order valence-electron chi connectivity index (χ0n) is 24.2. The molecule has 4 aliphatic rings. The van der Waals surface area contributed by atoms with Crippen LogP contribution in [0.25, 0.3) is 0 Å². The van der Waals surface area contributed by atoms with Crippen LogP contribution >= 0.6 is 23.2 Å². The minimum atomic E-state index is -0.331. The van der Waals surface area contributed by atoms with Crippen molar-refractivity contribution in [1.82, 2.24) is 0 Å². The molecule has 2 nitrogen and oxygen atoms in total. The van der Waals surface area contributed by atoms with Crippen LogP contribution in [0.1, 0.15) is 116 Å². The average Bonchev–Trinajstić information content (AvgIpc) is 3.21. The number of fused-ring (bicyclic) bond motifs is 5. The molecule has 0 heterocycles. The highest BCUT2D eigenvalue weighted by Crippen LogP contribution is 2.67. The van der Waals surface area contributed by atoms with Gasteiger partial charge in [-0.2, -0.15) is 0 Å². The highest BCUT2D eigenvalue weighted by Gasteiger charge is 2.59.